The average Bonchev–Trinajstić information content (AvgIpc) is 2.69. The number of carbonyl (C=O) groups excluding carboxylic acids is 2. The molecule has 0 bridgehead atoms. The first-order valence-electron chi connectivity index (χ1n) is 9.49. The van der Waals surface area contributed by atoms with Crippen LogP contribution in [0.3, 0.4) is 0 Å². The molecule has 0 aliphatic rings. The summed E-state index contributed by atoms with van der Waals surface area (Å²) in [5.74, 6) is -0.322. The molecule has 1 N–H and O–H groups in total. The largest absolute Gasteiger partial charge is 0.352 e. The summed E-state index contributed by atoms with van der Waals surface area (Å²) in [7, 11) is 0. The summed E-state index contributed by atoms with van der Waals surface area (Å²) >= 11 is 15.5. The molecule has 0 aromatic heterocycles. The molecule has 4 nitrogen and oxygen atoms in total. The van der Waals surface area contributed by atoms with Crippen molar-refractivity contribution in [2.45, 2.75) is 52.2 Å². The molecule has 0 aliphatic carbocycles. The first-order valence-corrected chi connectivity index (χ1v) is 11.0. The summed E-state index contributed by atoms with van der Waals surface area (Å²) in [6.07, 6.45) is 0.955. The highest BCUT2D eigenvalue weighted by Gasteiger charge is 2.27. The number of carbonyl (C=O) groups is 2. The lowest BCUT2D eigenvalue weighted by molar-refractivity contribution is -0.140. The summed E-state index contributed by atoms with van der Waals surface area (Å²) in [5.41, 5.74) is 1.69. The van der Waals surface area contributed by atoms with Crippen molar-refractivity contribution in [3.8, 4) is 0 Å². The average molecular weight is 500 g/mol. The van der Waals surface area contributed by atoms with Crippen molar-refractivity contribution in [1.82, 2.24) is 10.2 Å². The second-order valence-corrected chi connectivity index (χ2v) is 8.80. The van der Waals surface area contributed by atoms with E-state index in [0.29, 0.717) is 16.6 Å². The van der Waals surface area contributed by atoms with Crippen molar-refractivity contribution >= 4 is 50.9 Å². The molecule has 2 rings (SSSR count). The zero-order valence-electron chi connectivity index (χ0n) is 16.7. The van der Waals surface area contributed by atoms with Crippen molar-refractivity contribution in [2.24, 2.45) is 0 Å². The van der Waals surface area contributed by atoms with Gasteiger partial charge >= 0.3 is 0 Å². The molecule has 0 heterocycles. The third-order valence-corrected chi connectivity index (χ3v) is 6.04. The molecule has 0 unspecified atom stereocenters. The van der Waals surface area contributed by atoms with Gasteiger partial charge in [-0.2, -0.15) is 0 Å². The summed E-state index contributed by atoms with van der Waals surface area (Å²) in [6.45, 7) is 6.04. The van der Waals surface area contributed by atoms with Crippen LogP contribution >= 0.6 is 39.1 Å². The van der Waals surface area contributed by atoms with Crippen LogP contribution in [-0.4, -0.2) is 28.8 Å². The molecule has 156 valence electrons. The number of hydrogen-bond donors (Lipinski definition) is 1. The van der Waals surface area contributed by atoms with Crippen LogP contribution in [0, 0.1) is 0 Å². The number of nitrogens with zero attached hydrogens (tertiary/aromatic N) is 1. The lowest BCUT2D eigenvalue weighted by Crippen LogP contribution is -2.49. The predicted molar refractivity (Wildman–Crippen MR) is 122 cm³/mol. The van der Waals surface area contributed by atoms with Crippen molar-refractivity contribution in [3.05, 3.63) is 68.1 Å². The van der Waals surface area contributed by atoms with Gasteiger partial charge in [0.2, 0.25) is 11.8 Å². The molecule has 29 heavy (non-hydrogen) atoms. The molecule has 2 aromatic carbocycles. The first-order chi connectivity index (χ1) is 13.7. The van der Waals surface area contributed by atoms with Gasteiger partial charge in [-0.25, -0.2) is 0 Å². The number of amides is 2. The second kappa shape index (κ2) is 11.0. The van der Waals surface area contributed by atoms with Gasteiger partial charge in [-0.1, -0.05) is 64.3 Å². The van der Waals surface area contributed by atoms with Gasteiger partial charge in [0.25, 0.3) is 0 Å². The zero-order chi connectivity index (χ0) is 21.6. The van der Waals surface area contributed by atoms with E-state index in [2.05, 4.69) is 21.2 Å². The molecular formula is C22H25BrCl2N2O2. The van der Waals surface area contributed by atoms with E-state index in [0.717, 1.165) is 22.0 Å². The van der Waals surface area contributed by atoms with E-state index >= 15 is 0 Å². The topological polar surface area (TPSA) is 49.4 Å². The van der Waals surface area contributed by atoms with E-state index in [4.69, 9.17) is 23.2 Å². The Hall–Kier alpha value is -1.56. The summed E-state index contributed by atoms with van der Waals surface area (Å²) in [4.78, 5) is 27.4. The lowest BCUT2D eigenvalue weighted by Gasteiger charge is -2.30. The van der Waals surface area contributed by atoms with Crippen molar-refractivity contribution in [1.29, 1.82) is 0 Å². The van der Waals surface area contributed by atoms with Crippen molar-refractivity contribution in [3.63, 3.8) is 0 Å². The fraction of sp³-hybridized carbons (Fsp3) is 0.364. The number of benzene rings is 2. The van der Waals surface area contributed by atoms with E-state index < -0.39 is 6.04 Å². The Bertz CT molecular complexity index is 858. The van der Waals surface area contributed by atoms with E-state index in [1.54, 1.807) is 30.0 Å². The minimum atomic E-state index is -0.608. The number of hydrogen-bond acceptors (Lipinski definition) is 2. The molecule has 0 saturated heterocycles. The molecule has 0 spiro atoms. The van der Waals surface area contributed by atoms with E-state index in [1.807, 2.05) is 38.1 Å². The Morgan fingerprint density at radius 1 is 1.03 bits per heavy atom. The van der Waals surface area contributed by atoms with E-state index in [9.17, 15) is 9.59 Å². The molecule has 2 atom stereocenters. The third-order valence-electron chi connectivity index (χ3n) is 4.77. The maximum absolute atomic E-state index is 13.1. The van der Waals surface area contributed by atoms with Gasteiger partial charge < -0.3 is 10.2 Å². The Morgan fingerprint density at radius 2 is 1.66 bits per heavy atom. The molecule has 0 aliphatic heterocycles. The summed E-state index contributed by atoms with van der Waals surface area (Å²) in [6, 6.07) is 12.3. The van der Waals surface area contributed by atoms with Gasteiger partial charge in [-0.3, -0.25) is 9.59 Å². The third kappa shape index (κ3) is 7.02. The molecule has 0 fully saturated rings. The van der Waals surface area contributed by atoms with Gasteiger partial charge in [-0.05, 0) is 55.7 Å². The second-order valence-electron chi connectivity index (χ2n) is 7.07. The fourth-order valence-corrected chi connectivity index (χ4v) is 3.35. The lowest BCUT2D eigenvalue weighted by atomic mass is 10.1. The zero-order valence-corrected chi connectivity index (χ0v) is 19.8. The molecule has 0 radical (unpaired) electrons. The molecular weight excluding hydrogens is 475 g/mol. The molecule has 2 aromatic rings. The van der Waals surface area contributed by atoms with Gasteiger partial charge in [0.15, 0.2) is 0 Å². The minimum Gasteiger partial charge on any atom is -0.352 e. The van der Waals surface area contributed by atoms with Gasteiger partial charge in [0.05, 0.1) is 16.5 Å². The van der Waals surface area contributed by atoms with Crippen LogP contribution in [-0.2, 0) is 22.6 Å². The van der Waals surface area contributed by atoms with Gasteiger partial charge in [0.1, 0.15) is 6.04 Å². The van der Waals surface area contributed by atoms with Crippen LogP contribution in [0.4, 0.5) is 0 Å². The van der Waals surface area contributed by atoms with Crippen molar-refractivity contribution in [2.75, 3.05) is 0 Å². The molecule has 7 heteroatoms. The van der Waals surface area contributed by atoms with Crippen LogP contribution in [0.5, 0.6) is 0 Å². The monoisotopic (exact) mass is 498 g/mol. The van der Waals surface area contributed by atoms with E-state index in [1.165, 1.54) is 0 Å². The highest BCUT2D eigenvalue weighted by Crippen LogP contribution is 2.23. The predicted octanol–water partition coefficient (Wildman–Crippen LogP) is 5.63. The van der Waals surface area contributed by atoms with Crippen molar-refractivity contribution < 1.29 is 9.59 Å². The first kappa shape index (κ1) is 23.7. The maximum Gasteiger partial charge on any atom is 0.242 e. The van der Waals surface area contributed by atoms with Crippen LogP contribution in [0.1, 0.15) is 38.3 Å². The standard InChI is InChI=1S/C22H25BrCl2N2O2/c1-4-14(2)26-22(29)15(3)27(13-16-5-8-18(23)9-6-16)21(28)12-17-7-10-19(24)20(25)11-17/h5-11,14-15H,4,12-13H2,1-3H3,(H,26,29)/t14-,15-/m1/s1. The van der Waals surface area contributed by atoms with Crippen LogP contribution < -0.4 is 5.32 Å². The Morgan fingerprint density at radius 3 is 2.24 bits per heavy atom. The minimum absolute atomic E-state index is 0.0460. The summed E-state index contributed by atoms with van der Waals surface area (Å²) in [5, 5.41) is 3.80. The highest BCUT2D eigenvalue weighted by molar-refractivity contribution is 9.10. The number of halogens is 3. The smallest absolute Gasteiger partial charge is 0.242 e. The highest BCUT2D eigenvalue weighted by atomic mass is 79.9. The Balaban J connectivity index is 2.23. The molecule has 0 saturated carbocycles. The van der Waals surface area contributed by atoms with Crippen LogP contribution in [0.25, 0.3) is 0 Å². The van der Waals surface area contributed by atoms with E-state index in [-0.39, 0.29) is 24.3 Å². The van der Waals surface area contributed by atoms with Crippen LogP contribution in [0.15, 0.2) is 46.9 Å². The quantitative estimate of drug-likeness (QED) is 0.511. The Kier molecular flexibility index (Phi) is 9.00. The van der Waals surface area contributed by atoms with Gasteiger partial charge in [-0.15, -0.1) is 0 Å². The number of rotatable bonds is 8. The number of nitrogens with one attached hydrogen (secondary N) is 1. The van der Waals surface area contributed by atoms with Crippen LogP contribution in [0.2, 0.25) is 10.0 Å². The SMILES string of the molecule is CC[C@@H](C)NC(=O)[C@@H](C)N(Cc1ccc(Br)cc1)C(=O)Cc1ccc(Cl)c(Cl)c1. The normalized spacial score (nSPS) is 12.9. The Labute approximate surface area is 190 Å². The molecule has 2 amide bonds. The maximum atomic E-state index is 13.1. The fourth-order valence-electron chi connectivity index (χ4n) is 2.76. The summed E-state index contributed by atoms with van der Waals surface area (Å²) < 4.78 is 0.956. The van der Waals surface area contributed by atoms with Gasteiger partial charge in [0, 0.05) is 17.1 Å².